The molecule has 1 aromatic heterocycles. The standard InChI is InChI=1S/C13H15BrN4O3/c1-2-17-12(20)16-10-9-7(5-13(10,17)21)18-6(11(19)15-9)3-4-8(18)14/h3-4,7,9-10,21H,2,5H2,1H3,(H,15,19)(H,16,20)/t7-,9-,10+,13-/m1/s1. The number of urea groups is 1. The molecule has 0 radical (unpaired) electrons. The summed E-state index contributed by atoms with van der Waals surface area (Å²) < 4.78 is 2.71. The van der Waals surface area contributed by atoms with Gasteiger partial charge in [0.2, 0.25) is 0 Å². The minimum Gasteiger partial charge on any atom is -0.368 e. The van der Waals surface area contributed by atoms with Gasteiger partial charge in [-0.3, -0.25) is 9.69 Å². The van der Waals surface area contributed by atoms with Gasteiger partial charge < -0.3 is 20.3 Å². The molecule has 1 aromatic rings. The Labute approximate surface area is 129 Å². The van der Waals surface area contributed by atoms with Crippen LogP contribution in [-0.4, -0.2) is 50.9 Å². The normalized spacial score (nSPS) is 36.9. The predicted octanol–water partition coefficient (Wildman–Crippen LogP) is 0.410. The number of carbonyl (C=O) groups is 2. The third-order valence-corrected chi connectivity index (χ3v) is 5.47. The fourth-order valence-corrected chi connectivity index (χ4v) is 4.55. The van der Waals surface area contributed by atoms with Crippen LogP contribution in [0.25, 0.3) is 0 Å². The first-order chi connectivity index (χ1) is 9.97. The highest BCUT2D eigenvalue weighted by Gasteiger charge is 2.64. The van der Waals surface area contributed by atoms with Crippen molar-refractivity contribution < 1.29 is 14.7 Å². The van der Waals surface area contributed by atoms with Gasteiger partial charge in [0.05, 0.1) is 16.7 Å². The molecule has 1 aliphatic carbocycles. The summed E-state index contributed by atoms with van der Waals surface area (Å²) in [6, 6.07) is 2.39. The fraction of sp³-hybridized carbons (Fsp3) is 0.538. The summed E-state index contributed by atoms with van der Waals surface area (Å²) in [4.78, 5) is 25.6. The molecule has 4 rings (SSSR count). The Bertz CT molecular complexity index is 660. The molecule has 21 heavy (non-hydrogen) atoms. The van der Waals surface area contributed by atoms with Crippen LogP contribution in [0.3, 0.4) is 0 Å². The molecule has 0 bridgehead atoms. The Hall–Kier alpha value is -1.54. The van der Waals surface area contributed by atoms with Gasteiger partial charge in [0.25, 0.3) is 5.91 Å². The quantitative estimate of drug-likeness (QED) is 0.682. The first-order valence-electron chi connectivity index (χ1n) is 6.95. The second-order valence-corrected chi connectivity index (χ2v) is 6.54. The molecule has 3 aliphatic rings. The molecule has 0 spiro atoms. The number of nitrogens with one attached hydrogen (secondary N) is 2. The second-order valence-electron chi connectivity index (χ2n) is 5.73. The molecule has 4 atom stereocenters. The molecular formula is C13H15BrN4O3. The number of carbonyl (C=O) groups excluding carboxylic acids is 2. The van der Waals surface area contributed by atoms with Crippen LogP contribution >= 0.6 is 15.9 Å². The minimum atomic E-state index is -1.26. The van der Waals surface area contributed by atoms with Crippen molar-refractivity contribution in [3.63, 3.8) is 0 Å². The zero-order valence-electron chi connectivity index (χ0n) is 11.3. The van der Waals surface area contributed by atoms with Crippen LogP contribution in [0.15, 0.2) is 16.7 Å². The number of fused-ring (bicyclic) bond motifs is 5. The van der Waals surface area contributed by atoms with Crippen molar-refractivity contribution in [1.82, 2.24) is 20.1 Å². The number of hydrogen-bond donors (Lipinski definition) is 3. The summed E-state index contributed by atoms with van der Waals surface area (Å²) in [5, 5.41) is 16.7. The van der Waals surface area contributed by atoms with Crippen molar-refractivity contribution in [2.45, 2.75) is 37.2 Å². The number of nitrogens with zero attached hydrogens (tertiary/aromatic N) is 2. The molecule has 1 saturated carbocycles. The van der Waals surface area contributed by atoms with Gasteiger partial charge in [-0.1, -0.05) is 0 Å². The lowest BCUT2D eigenvalue weighted by Crippen LogP contribution is -2.56. The smallest absolute Gasteiger partial charge is 0.320 e. The Morgan fingerprint density at radius 3 is 2.90 bits per heavy atom. The van der Waals surface area contributed by atoms with E-state index in [2.05, 4.69) is 26.6 Å². The molecule has 3 N–H and O–H groups in total. The summed E-state index contributed by atoms with van der Waals surface area (Å²) in [7, 11) is 0. The summed E-state index contributed by atoms with van der Waals surface area (Å²) in [6.45, 7) is 2.25. The number of amides is 3. The van der Waals surface area contributed by atoms with Crippen molar-refractivity contribution in [3.8, 4) is 0 Å². The van der Waals surface area contributed by atoms with E-state index in [1.54, 1.807) is 6.07 Å². The van der Waals surface area contributed by atoms with Gasteiger partial charge in [-0.05, 0) is 35.0 Å². The molecule has 2 aliphatic heterocycles. The van der Waals surface area contributed by atoms with E-state index in [1.807, 2.05) is 17.6 Å². The highest BCUT2D eigenvalue weighted by Crippen LogP contribution is 2.46. The molecule has 1 saturated heterocycles. The summed E-state index contributed by atoms with van der Waals surface area (Å²) in [5.74, 6) is -0.185. The van der Waals surface area contributed by atoms with Crippen molar-refractivity contribution in [2.24, 2.45) is 0 Å². The largest absolute Gasteiger partial charge is 0.368 e. The molecule has 3 amide bonds. The molecule has 7 nitrogen and oxygen atoms in total. The van der Waals surface area contributed by atoms with E-state index in [0.717, 1.165) is 4.60 Å². The van der Waals surface area contributed by atoms with E-state index in [-0.39, 0.29) is 24.0 Å². The first kappa shape index (κ1) is 13.1. The molecule has 8 heteroatoms. The number of hydrogen-bond acceptors (Lipinski definition) is 3. The third kappa shape index (κ3) is 1.46. The van der Waals surface area contributed by atoms with Crippen LogP contribution in [0, 0.1) is 0 Å². The zero-order valence-corrected chi connectivity index (χ0v) is 12.9. The summed E-state index contributed by atoms with van der Waals surface area (Å²) in [5.41, 5.74) is -0.694. The number of likely N-dealkylation sites (N-methyl/N-ethyl adjacent to an activating group) is 1. The van der Waals surface area contributed by atoms with Crippen molar-refractivity contribution in [2.75, 3.05) is 6.54 Å². The average molecular weight is 355 g/mol. The van der Waals surface area contributed by atoms with Crippen molar-refractivity contribution in [1.29, 1.82) is 0 Å². The Balaban J connectivity index is 1.81. The van der Waals surface area contributed by atoms with Crippen LogP contribution in [0.5, 0.6) is 0 Å². The SMILES string of the molecule is CCN1C(=O)N[C@H]2[C@@H]3NC(=O)c4ccc(Br)n4[C@@H]3C[C@@]21O. The highest BCUT2D eigenvalue weighted by molar-refractivity contribution is 9.10. The molecule has 0 aromatic carbocycles. The van der Waals surface area contributed by atoms with Crippen LogP contribution < -0.4 is 10.6 Å². The maximum atomic E-state index is 12.2. The van der Waals surface area contributed by atoms with Crippen molar-refractivity contribution >= 4 is 27.9 Å². The summed E-state index contributed by atoms with van der Waals surface area (Å²) >= 11 is 3.46. The number of aliphatic hydroxyl groups is 1. The van der Waals surface area contributed by atoms with Gasteiger partial charge in [0.1, 0.15) is 11.7 Å². The first-order valence-corrected chi connectivity index (χ1v) is 7.74. The number of halogens is 1. The number of aromatic nitrogens is 1. The van der Waals surface area contributed by atoms with Crippen molar-refractivity contribution in [3.05, 3.63) is 22.4 Å². The van der Waals surface area contributed by atoms with Crippen LogP contribution in [0.1, 0.15) is 29.9 Å². The van der Waals surface area contributed by atoms with Gasteiger partial charge in [-0.2, -0.15) is 0 Å². The number of rotatable bonds is 1. The van der Waals surface area contributed by atoms with E-state index in [0.29, 0.717) is 18.7 Å². The van der Waals surface area contributed by atoms with E-state index in [4.69, 9.17) is 0 Å². The maximum absolute atomic E-state index is 12.2. The lowest BCUT2D eigenvalue weighted by Gasteiger charge is -2.32. The average Bonchev–Trinajstić information content (AvgIpc) is 3.00. The second kappa shape index (κ2) is 4.01. The van der Waals surface area contributed by atoms with Crippen LogP contribution in [0.2, 0.25) is 0 Å². The highest BCUT2D eigenvalue weighted by atomic mass is 79.9. The molecule has 2 fully saturated rings. The summed E-state index contributed by atoms with van der Waals surface area (Å²) in [6.07, 6.45) is 0.384. The minimum absolute atomic E-state index is 0.0910. The van der Waals surface area contributed by atoms with E-state index in [9.17, 15) is 14.7 Å². The predicted molar refractivity (Wildman–Crippen MR) is 76.7 cm³/mol. The van der Waals surface area contributed by atoms with E-state index in [1.165, 1.54) is 4.90 Å². The van der Waals surface area contributed by atoms with Gasteiger partial charge in [-0.25, -0.2) is 4.79 Å². The Kier molecular flexibility index (Phi) is 2.51. The molecule has 3 heterocycles. The van der Waals surface area contributed by atoms with Gasteiger partial charge in [0, 0.05) is 13.0 Å². The third-order valence-electron chi connectivity index (χ3n) is 4.82. The lowest BCUT2D eigenvalue weighted by atomic mass is 10.1. The van der Waals surface area contributed by atoms with Crippen LogP contribution in [0.4, 0.5) is 4.79 Å². The van der Waals surface area contributed by atoms with Gasteiger partial charge >= 0.3 is 6.03 Å². The molecular weight excluding hydrogens is 340 g/mol. The fourth-order valence-electron chi connectivity index (χ4n) is 3.96. The van der Waals surface area contributed by atoms with Crippen LogP contribution in [-0.2, 0) is 0 Å². The molecule has 112 valence electrons. The van der Waals surface area contributed by atoms with E-state index >= 15 is 0 Å². The van der Waals surface area contributed by atoms with E-state index < -0.39 is 11.8 Å². The maximum Gasteiger partial charge on any atom is 0.320 e. The zero-order chi connectivity index (χ0) is 14.9. The van der Waals surface area contributed by atoms with Gasteiger partial charge in [-0.15, -0.1) is 0 Å². The monoisotopic (exact) mass is 354 g/mol. The Morgan fingerprint density at radius 1 is 1.43 bits per heavy atom. The Morgan fingerprint density at radius 2 is 2.19 bits per heavy atom. The topological polar surface area (TPSA) is 86.6 Å². The molecule has 0 unspecified atom stereocenters. The lowest BCUT2D eigenvalue weighted by molar-refractivity contribution is -0.0655. The van der Waals surface area contributed by atoms with Gasteiger partial charge in [0.15, 0.2) is 5.72 Å².